The minimum atomic E-state index is -0.753. The Morgan fingerprint density at radius 2 is 0.766 bits per heavy atom. The SMILES string of the molecule is O=C(CCSCSCCC[S+]([O-])CCSCSCCSC(=O)CCSCSCCC[S+]([O-])CCSCSCO)SCCSCSCO. The van der Waals surface area contributed by atoms with E-state index in [-0.39, 0.29) is 22.1 Å². The predicted octanol–water partition coefficient (Wildman–Crippen LogP) is 7.58. The van der Waals surface area contributed by atoms with Crippen LogP contribution in [0.2, 0.25) is 0 Å². The zero-order chi connectivity index (χ0) is 34.5. The number of carbonyl (C=O) groups is 2. The molecule has 2 N–H and O–H groups in total. The molecule has 0 fully saturated rings. The lowest BCUT2D eigenvalue weighted by atomic mass is 10.5. The van der Waals surface area contributed by atoms with Gasteiger partial charge in [-0.25, -0.2) is 0 Å². The number of thioether (sulfide) groups is 12. The van der Waals surface area contributed by atoms with Crippen molar-refractivity contribution in [1.29, 1.82) is 0 Å². The Balaban J connectivity index is 3.34. The van der Waals surface area contributed by atoms with Crippen LogP contribution >= 0.6 is 141 Å². The summed E-state index contributed by atoms with van der Waals surface area (Å²) in [5.74, 6) is 12.5. The Kier molecular flexibility index (Phi) is 46.5. The van der Waals surface area contributed by atoms with E-state index >= 15 is 0 Å². The molecule has 0 aromatic heterocycles. The first-order chi connectivity index (χ1) is 23.0. The Morgan fingerprint density at radius 3 is 1.17 bits per heavy atom. The predicted molar refractivity (Wildman–Crippen MR) is 243 cm³/mol. The summed E-state index contributed by atoms with van der Waals surface area (Å²) in [6, 6.07) is 0. The van der Waals surface area contributed by atoms with Gasteiger partial charge in [-0.3, -0.25) is 9.59 Å². The minimum absolute atomic E-state index is 0.147. The van der Waals surface area contributed by atoms with Crippen molar-refractivity contribution in [3.63, 3.8) is 0 Å². The van der Waals surface area contributed by atoms with Crippen LogP contribution in [-0.4, -0.2) is 147 Å². The van der Waals surface area contributed by atoms with Gasteiger partial charge in [-0.2, -0.15) is 70.6 Å². The third-order valence-corrected chi connectivity index (χ3v) is 22.0. The van der Waals surface area contributed by atoms with Gasteiger partial charge in [0.2, 0.25) is 0 Å². The van der Waals surface area contributed by atoms with Crippen LogP contribution in [-0.2, 0) is 31.9 Å². The van der Waals surface area contributed by atoms with Crippen LogP contribution in [0, 0.1) is 0 Å². The van der Waals surface area contributed by atoms with Crippen molar-refractivity contribution in [1.82, 2.24) is 0 Å². The standard InChI is InChI=1S/C27H52O6S14/c28-19-42-24-39-10-12-45-27(31)4-8-37-21-34-5-1-15-46(32)17-13-40-23-38-9-11-44-26(30)3-7-36-22-35-6-2-16-47(33)18-14-41-25-43-20-29/h28-29H,1-25H2. The highest BCUT2D eigenvalue weighted by Gasteiger charge is 2.08. The van der Waals surface area contributed by atoms with Gasteiger partial charge in [-0.1, -0.05) is 45.9 Å². The van der Waals surface area contributed by atoms with E-state index in [0.717, 1.165) is 119 Å². The minimum Gasteiger partial charge on any atom is -0.616 e. The van der Waals surface area contributed by atoms with Gasteiger partial charge in [-0.05, 0) is 11.5 Å². The molecular formula is C27H52O6S14. The molecular weight excluding hydrogens is 869 g/mol. The van der Waals surface area contributed by atoms with Crippen LogP contribution in [0.4, 0.5) is 0 Å². The first kappa shape index (κ1) is 51.1. The summed E-state index contributed by atoms with van der Waals surface area (Å²) in [7, 11) is 0. The van der Waals surface area contributed by atoms with Crippen LogP contribution in [0.25, 0.3) is 0 Å². The molecule has 2 atom stereocenters. The van der Waals surface area contributed by atoms with Crippen molar-refractivity contribution in [2.45, 2.75) is 25.7 Å². The summed E-state index contributed by atoms with van der Waals surface area (Å²) in [6.45, 7) is 0. The molecule has 280 valence electrons. The van der Waals surface area contributed by atoms with Crippen LogP contribution in [0.3, 0.4) is 0 Å². The lowest BCUT2D eigenvalue weighted by molar-refractivity contribution is -0.111. The Morgan fingerprint density at radius 1 is 0.426 bits per heavy atom. The van der Waals surface area contributed by atoms with Gasteiger partial charge < -0.3 is 19.3 Å². The van der Waals surface area contributed by atoms with Crippen LogP contribution in [0.15, 0.2) is 0 Å². The molecule has 0 saturated carbocycles. The van der Waals surface area contributed by atoms with E-state index in [1.165, 1.54) is 47.0 Å². The van der Waals surface area contributed by atoms with E-state index in [1.54, 1.807) is 47.0 Å². The molecule has 0 radical (unpaired) electrons. The van der Waals surface area contributed by atoms with Gasteiger partial charge in [0.05, 0.1) is 11.9 Å². The fourth-order valence-corrected chi connectivity index (χ4v) is 17.9. The average Bonchev–Trinajstić information content (AvgIpc) is 3.06. The zero-order valence-corrected chi connectivity index (χ0v) is 38.4. The molecule has 2 unspecified atom stereocenters. The fourth-order valence-electron chi connectivity index (χ4n) is 2.88. The summed E-state index contributed by atoms with van der Waals surface area (Å²) in [6.07, 6.45) is 3.17. The van der Waals surface area contributed by atoms with E-state index < -0.39 is 22.4 Å². The molecule has 20 heteroatoms. The van der Waals surface area contributed by atoms with Crippen molar-refractivity contribution in [2.75, 3.05) is 118 Å². The quantitative estimate of drug-likeness (QED) is 0.0359. The van der Waals surface area contributed by atoms with Gasteiger partial charge >= 0.3 is 0 Å². The first-order valence-electron chi connectivity index (χ1n) is 15.0. The van der Waals surface area contributed by atoms with Gasteiger partial charge in [0, 0.05) is 97.1 Å². The van der Waals surface area contributed by atoms with Crippen molar-refractivity contribution in [3.8, 4) is 0 Å². The molecule has 0 aliphatic carbocycles. The third kappa shape index (κ3) is 42.7. The van der Waals surface area contributed by atoms with Gasteiger partial charge in [0.1, 0.15) is 23.0 Å². The van der Waals surface area contributed by atoms with E-state index in [0.29, 0.717) is 12.8 Å². The average molecular weight is 922 g/mol. The highest BCUT2D eigenvalue weighted by Crippen LogP contribution is 2.20. The number of hydrogen-bond acceptors (Lipinski definition) is 18. The largest absolute Gasteiger partial charge is 0.616 e. The summed E-state index contributed by atoms with van der Waals surface area (Å²) in [4.78, 5) is 24.0. The van der Waals surface area contributed by atoms with Crippen LogP contribution in [0.1, 0.15) is 25.7 Å². The monoisotopic (exact) mass is 920 g/mol. The maximum atomic E-state index is 12.2. The topological polar surface area (TPSA) is 121 Å². The summed E-state index contributed by atoms with van der Waals surface area (Å²) < 4.78 is 24.2. The molecule has 0 aliphatic heterocycles. The number of aliphatic hydroxyl groups is 2. The third-order valence-electron chi connectivity index (χ3n) is 5.13. The maximum absolute atomic E-state index is 12.2. The summed E-state index contributed by atoms with van der Waals surface area (Å²) in [5.41, 5.74) is 0. The lowest BCUT2D eigenvalue weighted by Gasteiger charge is -2.10. The molecule has 6 nitrogen and oxygen atoms in total. The molecule has 47 heavy (non-hydrogen) atoms. The Bertz CT molecular complexity index is 692. The number of hydrogen-bond donors (Lipinski definition) is 2. The Labute approximate surface area is 342 Å². The van der Waals surface area contributed by atoms with E-state index in [9.17, 15) is 18.7 Å². The van der Waals surface area contributed by atoms with E-state index in [1.807, 2.05) is 47.0 Å². The second kappa shape index (κ2) is 42.8. The van der Waals surface area contributed by atoms with E-state index in [2.05, 4.69) is 0 Å². The first-order valence-corrected chi connectivity index (χ1v) is 31.5. The molecule has 0 heterocycles. The second-order valence-electron chi connectivity index (χ2n) is 8.87. The number of carbonyl (C=O) groups excluding carboxylic acids is 2. The maximum Gasteiger partial charge on any atom is 0.189 e. The molecule has 0 aromatic rings. The highest BCUT2D eigenvalue weighted by molar-refractivity contribution is 8.19. The molecule has 0 aliphatic rings. The molecule has 0 saturated heterocycles. The summed E-state index contributed by atoms with van der Waals surface area (Å²) in [5, 5.41) is 22.6. The smallest absolute Gasteiger partial charge is 0.189 e. The number of aliphatic hydroxyl groups excluding tert-OH is 2. The molecule has 0 amide bonds. The van der Waals surface area contributed by atoms with E-state index in [4.69, 9.17) is 10.2 Å². The fraction of sp³-hybridized carbons (Fsp3) is 0.926. The molecule has 0 rings (SSSR count). The van der Waals surface area contributed by atoms with Crippen molar-refractivity contribution < 1.29 is 28.9 Å². The molecule has 0 spiro atoms. The number of rotatable bonds is 38. The van der Waals surface area contributed by atoms with Gasteiger partial charge in [0.15, 0.2) is 10.2 Å². The summed E-state index contributed by atoms with van der Waals surface area (Å²) >= 11 is 18.8. The molecule has 0 aromatic carbocycles. The Hall–Kier alpha value is 4.08. The normalized spacial score (nSPS) is 12.9. The molecule has 0 bridgehead atoms. The van der Waals surface area contributed by atoms with Crippen LogP contribution < -0.4 is 0 Å². The van der Waals surface area contributed by atoms with Crippen LogP contribution in [0.5, 0.6) is 0 Å². The lowest BCUT2D eigenvalue weighted by Crippen LogP contribution is -2.13. The second-order valence-corrected chi connectivity index (χ2v) is 27.1. The zero-order valence-electron chi connectivity index (χ0n) is 26.9. The van der Waals surface area contributed by atoms with Crippen molar-refractivity contribution in [3.05, 3.63) is 0 Å². The van der Waals surface area contributed by atoms with Gasteiger partial charge in [0.25, 0.3) is 0 Å². The van der Waals surface area contributed by atoms with Crippen molar-refractivity contribution in [2.24, 2.45) is 0 Å². The highest BCUT2D eigenvalue weighted by atomic mass is 32.2. The van der Waals surface area contributed by atoms with Gasteiger partial charge in [-0.15, -0.1) is 47.0 Å². The van der Waals surface area contributed by atoms with Crippen molar-refractivity contribution >= 4 is 174 Å².